The zero-order valence-corrected chi connectivity index (χ0v) is 14.4. The van der Waals surface area contributed by atoms with Gasteiger partial charge in [-0.25, -0.2) is 0 Å². The van der Waals surface area contributed by atoms with Gasteiger partial charge in [0.05, 0.1) is 5.41 Å². The molecule has 5 heteroatoms. The Kier molecular flexibility index (Phi) is 6.21. The second-order valence-corrected chi connectivity index (χ2v) is 6.33. The highest BCUT2D eigenvalue weighted by Gasteiger charge is 2.47. The molecule has 1 aromatic carbocycles. The number of esters is 1. The second-order valence-electron chi connectivity index (χ2n) is 5.89. The summed E-state index contributed by atoms with van der Waals surface area (Å²) in [6, 6.07) is 7.25. The molecule has 0 aromatic heterocycles. The lowest BCUT2D eigenvalue weighted by Crippen LogP contribution is -2.45. The van der Waals surface area contributed by atoms with Crippen LogP contribution in [0.5, 0.6) is 0 Å². The topological polar surface area (TPSA) is 46.6 Å². The first-order valence-corrected chi connectivity index (χ1v) is 8.34. The maximum Gasteiger partial charge on any atom is 0.317 e. The summed E-state index contributed by atoms with van der Waals surface area (Å²) in [7, 11) is 0. The minimum absolute atomic E-state index is 0.256. The predicted octanol–water partition coefficient (Wildman–Crippen LogP) is 3.51. The minimum atomic E-state index is -0.646. The van der Waals surface area contributed by atoms with Gasteiger partial charge < -0.3 is 9.64 Å². The summed E-state index contributed by atoms with van der Waals surface area (Å²) in [6.45, 7) is 7.76. The van der Waals surface area contributed by atoms with E-state index in [1.54, 1.807) is 24.3 Å². The van der Waals surface area contributed by atoms with Gasteiger partial charge in [-0.05, 0) is 30.5 Å². The van der Waals surface area contributed by atoms with Crippen LogP contribution in [0.25, 0.3) is 0 Å². The quantitative estimate of drug-likeness (QED) is 0.534. The van der Waals surface area contributed by atoms with Crippen molar-refractivity contribution in [1.82, 2.24) is 4.90 Å². The van der Waals surface area contributed by atoms with Crippen molar-refractivity contribution < 1.29 is 14.3 Å². The van der Waals surface area contributed by atoms with Gasteiger partial charge in [-0.3, -0.25) is 9.59 Å². The van der Waals surface area contributed by atoms with Crippen molar-refractivity contribution in [2.75, 3.05) is 19.7 Å². The van der Waals surface area contributed by atoms with E-state index in [-0.39, 0.29) is 18.5 Å². The fraction of sp³-hybridized carbons (Fsp3) is 0.368. The Labute approximate surface area is 147 Å². The summed E-state index contributed by atoms with van der Waals surface area (Å²) in [5, 5.41) is 0.626. The van der Waals surface area contributed by atoms with E-state index in [0.717, 1.165) is 24.8 Å². The summed E-state index contributed by atoms with van der Waals surface area (Å²) in [5.41, 5.74) is 0.247. The van der Waals surface area contributed by atoms with Crippen LogP contribution < -0.4 is 0 Å². The summed E-state index contributed by atoms with van der Waals surface area (Å²) in [4.78, 5) is 26.3. The molecule has 1 aliphatic carbocycles. The Morgan fingerprint density at radius 1 is 1.17 bits per heavy atom. The highest BCUT2D eigenvalue weighted by Crippen LogP contribution is 2.45. The minimum Gasteiger partial charge on any atom is -0.455 e. The fourth-order valence-corrected chi connectivity index (χ4v) is 2.98. The third-order valence-corrected chi connectivity index (χ3v) is 4.63. The number of amides is 1. The molecule has 2 rings (SSSR count). The molecule has 0 atom stereocenters. The van der Waals surface area contributed by atoms with Gasteiger partial charge in [0.15, 0.2) is 6.61 Å². The van der Waals surface area contributed by atoms with Crippen LogP contribution >= 0.6 is 11.6 Å². The number of carbonyl (C=O) groups excluding carboxylic acids is 2. The van der Waals surface area contributed by atoms with E-state index >= 15 is 0 Å². The molecule has 128 valence electrons. The third-order valence-electron chi connectivity index (χ3n) is 4.37. The molecule has 0 aliphatic heterocycles. The van der Waals surface area contributed by atoms with Crippen molar-refractivity contribution in [2.24, 2.45) is 0 Å². The highest BCUT2D eigenvalue weighted by molar-refractivity contribution is 6.30. The first-order valence-electron chi connectivity index (χ1n) is 7.96. The van der Waals surface area contributed by atoms with Crippen molar-refractivity contribution >= 4 is 23.5 Å². The van der Waals surface area contributed by atoms with Gasteiger partial charge >= 0.3 is 5.97 Å². The first-order chi connectivity index (χ1) is 11.5. The van der Waals surface area contributed by atoms with Gasteiger partial charge in [-0.1, -0.05) is 42.3 Å². The zero-order valence-electron chi connectivity index (χ0n) is 13.7. The second kappa shape index (κ2) is 8.15. The third kappa shape index (κ3) is 3.88. The van der Waals surface area contributed by atoms with Gasteiger partial charge in [-0.2, -0.15) is 0 Å². The average Bonchev–Trinajstić information content (AvgIpc) is 2.53. The Bertz CT molecular complexity index is 610. The molecular weight excluding hydrogens is 326 g/mol. The van der Waals surface area contributed by atoms with Crippen LogP contribution in [0.1, 0.15) is 24.8 Å². The number of benzene rings is 1. The van der Waals surface area contributed by atoms with E-state index in [1.165, 1.54) is 4.90 Å². The molecule has 0 N–H and O–H groups in total. The maximum atomic E-state index is 12.6. The van der Waals surface area contributed by atoms with Crippen molar-refractivity contribution in [3.63, 3.8) is 0 Å². The average molecular weight is 348 g/mol. The normalized spacial score (nSPS) is 15.0. The lowest BCUT2D eigenvalue weighted by Gasteiger charge is -2.39. The van der Waals surface area contributed by atoms with Crippen molar-refractivity contribution in [3.8, 4) is 0 Å². The highest BCUT2D eigenvalue weighted by atomic mass is 35.5. The molecule has 24 heavy (non-hydrogen) atoms. The predicted molar refractivity (Wildman–Crippen MR) is 94.9 cm³/mol. The van der Waals surface area contributed by atoms with Gasteiger partial charge in [-0.15, -0.1) is 13.2 Å². The Balaban J connectivity index is 2.02. The van der Waals surface area contributed by atoms with Crippen molar-refractivity contribution in [2.45, 2.75) is 24.7 Å². The standard InChI is InChI=1S/C19H22ClNO3/c1-3-12-21(13-4-2)17(22)14-24-18(23)19(10-5-11-19)15-6-8-16(20)9-7-15/h3-4,6-9H,1-2,5,10-14H2. The molecule has 0 saturated heterocycles. The summed E-state index contributed by atoms with van der Waals surface area (Å²) >= 11 is 5.92. The van der Waals surface area contributed by atoms with E-state index in [9.17, 15) is 9.59 Å². The molecule has 1 aromatic rings. The lowest BCUT2D eigenvalue weighted by atomic mass is 9.64. The van der Waals surface area contributed by atoms with E-state index in [0.29, 0.717) is 18.1 Å². The first kappa shape index (κ1) is 18.3. The molecule has 1 amide bonds. The van der Waals surface area contributed by atoms with E-state index < -0.39 is 5.41 Å². The van der Waals surface area contributed by atoms with E-state index in [4.69, 9.17) is 16.3 Å². The Morgan fingerprint density at radius 2 is 1.75 bits per heavy atom. The summed E-state index contributed by atoms with van der Waals surface area (Å²) in [5.74, 6) is -0.602. The largest absolute Gasteiger partial charge is 0.455 e. The molecule has 0 unspecified atom stereocenters. The Hall–Kier alpha value is -2.07. The lowest BCUT2D eigenvalue weighted by molar-refractivity contribution is -0.159. The summed E-state index contributed by atoms with van der Waals surface area (Å²) < 4.78 is 5.34. The van der Waals surface area contributed by atoms with E-state index in [1.807, 2.05) is 12.1 Å². The van der Waals surface area contributed by atoms with Crippen molar-refractivity contribution in [1.29, 1.82) is 0 Å². The fourth-order valence-electron chi connectivity index (χ4n) is 2.86. The zero-order chi connectivity index (χ0) is 17.6. The van der Waals surface area contributed by atoms with Crippen LogP contribution in [-0.4, -0.2) is 36.5 Å². The Morgan fingerprint density at radius 3 is 2.21 bits per heavy atom. The van der Waals surface area contributed by atoms with Crippen LogP contribution in [0.2, 0.25) is 5.02 Å². The van der Waals surface area contributed by atoms with Gasteiger partial charge in [0.25, 0.3) is 5.91 Å². The monoisotopic (exact) mass is 347 g/mol. The number of hydrogen-bond acceptors (Lipinski definition) is 3. The molecule has 0 heterocycles. The van der Waals surface area contributed by atoms with Crippen LogP contribution in [0, 0.1) is 0 Å². The van der Waals surface area contributed by atoms with Crippen LogP contribution in [0.3, 0.4) is 0 Å². The summed E-state index contributed by atoms with van der Waals surface area (Å²) in [6.07, 6.45) is 5.68. The van der Waals surface area contributed by atoms with Gasteiger partial charge in [0.1, 0.15) is 0 Å². The van der Waals surface area contributed by atoms with E-state index in [2.05, 4.69) is 13.2 Å². The number of rotatable bonds is 8. The van der Waals surface area contributed by atoms with Crippen LogP contribution in [0.15, 0.2) is 49.6 Å². The smallest absolute Gasteiger partial charge is 0.317 e. The molecule has 1 aliphatic rings. The number of halogens is 1. The van der Waals surface area contributed by atoms with Gasteiger partial charge in [0, 0.05) is 18.1 Å². The molecule has 1 saturated carbocycles. The SMILES string of the molecule is C=CCN(CC=C)C(=O)COC(=O)C1(c2ccc(Cl)cc2)CCC1. The number of nitrogens with zero attached hydrogens (tertiary/aromatic N) is 1. The van der Waals surface area contributed by atoms with Crippen LogP contribution in [-0.2, 0) is 19.7 Å². The number of ether oxygens (including phenoxy) is 1. The molecular formula is C19H22ClNO3. The van der Waals surface area contributed by atoms with Crippen molar-refractivity contribution in [3.05, 3.63) is 60.2 Å². The molecule has 1 fully saturated rings. The molecule has 0 spiro atoms. The molecule has 0 bridgehead atoms. The molecule has 4 nitrogen and oxygen atoms in total. The molecule has 0 radical (unpaired) electrons. The number of carbonyl (C=O) groups is 2. The van der Waals surface area contributed by atoms with Crippen LogP contribution in [0.4, 0.5) is 0 Å². The maximum absolute atomic E-state index is 12.6. The van der Waals surface area contributed by atoms with Gasteiger partial charge in [0.2, 0.25) is 0 Å². The number of hydrogen-bond donors (Lipinski definition) is 0.